The number of halogens is 3. The number of hydrogen-bond donors (Lipinski definition) is 1. The molecule has 0 atom stereocenters. The number of nitrogens with one attached hydrogen (secondary N) is 1. The molecule has 0 saturated heterocycles. The van der Waals surface area contributed by atoms with Crippen molar-refractivity contribution >= 4 is 5.71 Å². The highest BCUT2D eigenvalue weighted by Gasteiger charge is 2.32. The average Bonchev–Trinajstić information content (AvgIpc) is 2.69. The van der Waals surface area contributed by atoms with Crippen molar-refractivity contribution in [1.29, 1.82) is 0 Å². The average molecular weight is 391 g/mol. The van der Waals surface area contributed by atoms with Crippen molar-refractivity contribution in [3.63, 3.8) is 0 Å². The van der Waals surface area contributed by atoms with Crippen LogP contribution >= 0.6 is 0 Å². The van der Waals surface area contributed by atoms with Gasteiger partial charge in [-0.1, -0.05) is 6.07 Å². The Morgan fingerprint density at radius 1 is 1.18 bits per heavy atom. The predicted octanol–water partition coefficient (Wildman–Crippen LogP) is 2.72. The highest BCUT2D eigenvalue weighted by Crippen LogP contribution is 2.27. The van der Waals surface area contributed by atoms with Gasteiger partial charge in [0.2, 0.25) is 0 Å². The van der Waals surface area contributed by atoms with Crippen LogP contribution in [0.15, 0.2) is 28.1 Å². The van der Waals surface area contributed by atoms with Gasteiger partial charge >= 0.3 is 6.18 Å². The zero-order valence-electron chi connectivity index (χ0n) is 15.2. The smallest absolute Gasteiger partial charge is 0.305 e. The second-order valence-electron chi connectivity index (χ2n) is 7.14. The molecule has 4 rings (SSSR count). The topological polar surface area (TPSA) is 74.2 Å². The normalized spacial score (nSPS) is 17.9. The first kappa shape index (κ1) is 18.8. The summed E-state index contributed by atoms with van der Waals surface area (Å²) in [6.45, 7) is 2.28. The molecule has 9 heteroatoms. The molecular weight excluding hydrogens is 371 g/mol. The van der Waals surface area contributed by atoms with Gasteiger partial charge in [0.1, 0.15) is 5.69 Å². The van der Waals surface area contributed by atoms with E-state index in [9.17, 15) is 18.0 Å². The van der Waals surface area contributed by atoms with Crippen LogP contribution in [0.4, 0.5) is 13.2 Å². The first-order chi connectivity index (χ1) is 13.4. The number of aliphatic imine (C=N–C) groups is 1. The fourth-order valence-corrected chi connectivity index (χ4v) is 3.59. The predicted molar refractivity (Wildman–Crippen MR) is 97.2 cm³/mol. The van der Waals surface area contributed by atoms with Crippen molar-refractivity contribution in [2.45, 2.75) is 44.9 Å². The second-order valence-corrected chi connectivity index (χ2v) is 7.14. The van der Waals surface area contributed by atoms with Crippen molar-refractivity contribution < 1.29 is 13.2 Å². The van der Waals surface area contributed by atoms with Crippen LogP contribution < -0.4 is 5.56 Å². The van der Waals surface area contributed by atoms with Crippen molar-refractivity contribution in [1.82, 2.24) is 19.9 Å². The van der Waals surface area contributed by atoms with E-state index in [-0.39, 0.29) is 5.56 Å². The monoisotopic (exact) mass is 391 g/mol. The minimum atomic E-state index is -4.44. The van der Waals surface area contributed by atoms with Crippen LogP contribution in [-0.2, 0) is 25.7 Å². The van der Waals surface area contributed by atoms with Gasteiger partial charge in [0.15, 0.2) is 5.82 Å². The minimum absolute atomic E-state index is 0.163. The Labute approximate surface area is 159 Å². The standard InChI is InChI=1S/C19H20F3N5O/c20-19(21,22)16-5-4-12(9-24-16)10-27-8-6-14-13(11-27)18(28)26-17(25-14)15-3-1-2-7-23-15/h4-5,9H,1-3,6-8,10-11H2,(H,25,26,28). The van der Waals surface area contributed by atoms with E-state index < -0.39 is 11.9 Å². The molecule has 148 valence electrons. The molecule has 0 saturated carbocycles. The van der Waals surface area contributed by atoms with Crippen LogP contribution in [0.5, 0.6) is 0 Å². The van der Waals surface area contributed by atoms with Gasteiger partial charge in [-0.3, -0.25) is 19.7 Å². The number of rotatable bonds is 3. The molecule has 0 amide bonds. The van der Waals surface area contributed by atoms with Crippen molar-refractivity contribution in [2.75, 3.05) is 13.1 Å². The number of aromatic amines is 1. The van der Waals surface area contributed by atoms with Crippen molar-refractivity contribution in [3.05, 3.63) is 57.0 Å². The third kappa shape index (κ3) is 3.99. The molecule has 2 aliphatic rings. The van der Waals surface area contributed by atoms with Gasteiger partial charge in [-0.2, -0.15) is 13.2 Å². The summed E-state index contributed by atoms with van der Waals surface area (Å²) in [6, 6.07) is 2.41. The summed E-state index contributed by atoms with van der Waals surface area (Å²) in [5.41, 5.74) is 1.88. The van der Waals surface area contributed by atoms with Gasteiger partial charge < -0.3 is 4.98 Å². The van der Waals surface area contributed by atoms with E-state index in [2.05, 4.69) is 19.9 Å². The molecule has 1 N–H and O–H groups in total. The van der Waals surface area contributed by atoms with E-state index >= 15 is 0 Å². The molecule has 0 bridgehead atoms. The van der Waals surface area contributed by atoms with Gasteiger partial charge in [0.05, 0.1) is 17.0 Å². The quantitative estimate of drug-likeness (QED) is 0.873. The molecule has 0 aromatic carbocycles. The van der Waals surface area contributed by atoms with Crippen LogP contribution in [0.2, 0.25) is 0 Å². The SMILES string of the molecule is O=c1[nH]c(C2=NCCCC2)nc2c1CN(Cc1ccc(C(F)(F)F)nc1)CC2. The Hall–Kier alpha value is -2.55. The molecule has 6 nitrogen and oxygen atoms in total. The molecular formula is C19H20F3N5O. The lowest BCUT2D eigenvalue weighted by atomic mass is 10.0. The third-order valence-electron chi connectivity index (χ3n) is 5.07. The Kier molecular flexibility index (Phi) is 5.01. The van der Waals surface area contributed by atoms with E-state index in [1.807, 2.05) is 4.90 Å². The van der Waals surface area contributed by atoms with E-state index in [0.29, 0.717) is 43.0 Å². The molecule has 2 aliphatic heterocycles. The van der Waals surface area contributed by atoms with Crippen molar-refractivity contribution in [2.24, 2.45) is 4.99 Å². The second kappa shape index (κ2) is 7.46. The lowest BCUT2D eigenvalue weighted by Crippen LogP contribution is -2.36. The molecule has 2 aromatic rings. The van der Waals surface area contributed by atoms with E-state index in [4.69, 9.17) is 0 Å². The number of alkyl halides is 3. The van der Waals surface area contributed by atoms with Gasteiger partial charge in [-0.25, -0.2) is 4.98 Å². The van der Waals surface area contributed by atoms with Gasteiger partial charge in [-0.15, -0.1) is 0 Å². The first-order valence-electron chi connectivity index (χ1n) is 9.30. The lowest BCUT2D eigenvalue weighted by Gasteiger charge is -2.27. The summed E-state index contributed by atoms with van der Waals surface area (Å²) in [6.07, 6.45) is 0.358. The number of aromatic nitrogens is 3. The molecule has 0 fully saturated rings. The van der Waals surface area contributed by atoms with Crippen LogP contribution in [0.3, 0.4) is 0 Å². The maximum atomic E-state index is 12.6. The maximum Gasteiger partial charge on any atom is 0.433 e. The Morgan fingerprint density at radius 3 is 2.71 bits per heavy atom. The zero-order valence-corrected chi connectivity index (χ0v) is 15.2. The van der Waals surface area contributed by atoms with Crippen LogP contribution in [0, 0.1) is 0 Å². The Bertz CT molecular complexity index is 950. The molecule has 0 radical (unpaired) electrons. The summed E-state index contributed by atoms with van der Waals surface area (Å²) in [7, 11) is 0. The Balaban J connectivity index is 1.49. The molecule has 28 heavy (non-hydrogen) atoms. The number of hydrogen-bond acceptors (Lipinski definition) is 5. The number of pyridine rings is 1. The van der Waals surface area contributed by atoms with Gasteiger partial charge in [-0.05, 0) is 30.9 Å². The number of nitrogens with zero attached hydrogens (tertiary/aromatic N) is 4. The number of H-pyrrole nitrogens is 1. The molecule has 2 aromatic heterocycles. The largest absolute Gasteiger partial charge is 0.433 e. The summed E-state index contributed by atoms with van der Waals surface area (Å²) in [5.74, 6) is 0.573. The highest BCUT2D eigenvalue weighted by molar-refractivity contribution is 5.97. The first-order valence-corrected chi connectivity index (χ1v) is 9.30. The number of fused-ring (bicyclic) bond motifs is 1. The molecule has 0 spiro atoms. The summed E-state index contributed by atoms with van der Waals surface area (Å²) in [5, 5.41) is 0. The minimum Gasteiger partial charge on any atom is -0.305 e. The van der Waals surface area contributed by atoms with Crippen LogP contribution in [0.25, 0.3) is 0 Å². The van der Waals surface area contributed by atoms with Crippen LogP contribution in [0.1, 0.15) is 47.6 Å². The highest BCUT2D eigenvalue weighted by atomic mass is 19.4. The molecule has 0 aliphatic carbocycles. The van der Waals surface area contributed by atoms with E-state index in [1.165, 1.54) is 12.3 Å². The zero-order chi connectivity index (χ0) is 19.7. The van der Waals surface area contributed by atoms with Crippen LogP contribution in [-0.4, -0.2) is 38.7 Å². The van der Waals surface area contributed by atoms with Gasteiger partial charge in [0.25, 0.3) is 5.56 Å². The lowest BCUT2D eigenvalue weighted by molar-refractivity contribution is -0.141. The fraction of sp³-hybridized carbons (Fsp3) is 0.474. The van der Waals surface area contributed by atoms with Gasteiger partial charge in [0, 0.05) is 38.8 Å². The van der Waals surface area contributed by atoms with Crippen molar-refractivity contribution in [3.8, 4) is 0 Å². The summed E-state index contributed by atoms with van der Waals surface area (Å²) < 4.78 is 37.9. The Morgan fingerprint density at radius 2 is 2.04 bits per heavy atom. The molecule has 0 unspecified atom stereocenters. The van der Waals surface area contributed by atoms with E-state index in [0.717, 1.165) is 43.3 Å². The fourth-order valence-electron chi connectivity index (χ4n) is 3.59. The maximum absolute atomic E-state index is 12.6. The molecule has 4 heterocycles. The summed E-state index contributed by atoms with van der Waals surface area (Å²) in [4.78, 5) is 30.0. The third-order valence-corrected chi connectivity index (χ3v) is 5.07. The summed E-state index contributed by atoms with van der Waals surface area (Å²) >= 11 is 0. The van der Waals surface area contributed by atoms with E-state index in [1.54, 1.807) is 0 Å².